The summed E-state index contributed by atoms with van der Waals surface area (Å²) in [5.74, 6) is 3.31. The van der Waals surface area contributed by atoms with E-state index in [-0.39, 0.29) is 6.04 Å². The molecule has 20 heavy (non-hydrogen) atoms. The average molecular weight is 277 g/mol. The highest BCUT2D eigenvalue weighted by Gasteiger charge is 2.48. The minimum Gasteiger partial charge on any atom is -0.463 e. The summed E-state index contributed by atoms with van der Waals surface area (Å²) in [6.45, 7) is 3.14. The van der Waals surface area contributed by atoms with E-state index in [0.29, 0.717) is 11.7 Å². The van der Waals surface area contributed by atoms with E-state index in [1.54, 1.807) is 6.07 Å². The highest BCUT2D eigenvalue weighted by atomic mass is 16.5. The minimum absolute atomic E-state index is 0.237. The zero-order valence-corrected chi connectivity index (χ0v) is 12.2. The molecule has 0 spiro atoms. The number of methoxy groups -OCH3 is 1. The molecule has 2 fully saturated rings. The maximum absolute atomic E-state index is 11.5. The molecule has 3 unspecified atom stereocenters. The number of hydrogen-bond donors (Lipinski definition) is 1. The van der Waals surface area contributed by atoms with Crippen molar-refractivity contribution < 1.29 is 13.9 Å². The third-order valence-corrected chi connectivity index (χ3v) is 4.69. The van der Waals surface area contributed by atoms with Crippen molar-refractivity contribution in [3.8, 4) is 0 Å². The molecule has 2 saturated carbocycles. The van der Waals surface area contributed by atoms with Crippen molar-refractivity contribution in [2.45, 2.75) is 38.6 Å². The van der Waals surface area contributed by atoms with Crippen LogP contribution < -0.4 is 5.32 Å². The van der Waals surface area contributed by atoms with Crippen molar-refractivity contribution in [2.75, 3.05) is 13.7 Å². The largest absolute Gasteiger partial charge is 0.463 e. The first kappa shape index (κ1) is 13.7. The van der Waals surface area contributed by atoms with E-state index in [0.717, 1.165) is 30.6 Å². The van der Waals surface area contributed by atoms with Gasteiger partial charge in [-0.3, -0.25) is 0 Å². The van der Waals surface area contributed by atoms with Gasteiger partial charge in [0.25, 0.3) is 0 Å². The molecule has 0 bridgehead atoms. The molecule has 2 aliphatic rings. The quantitative estimate of drug-likeness (QED) is 0.812. The Hall–Kier alpha value is -1.29. The van der Waals surface area contributed by atoms with Gasteiger partial charge in [-0.25, -0.2) is 4.79 Å². The maximum Gasteiger partial charge on any atom is 0.373 e. The van der Waals surface area contributed by atoms with Crippen LogP contribution in [0, 0.1) is 17.8 Å². The second-order valence-corrected chi connectivity index (χ2v) is 6.11. The van der Waals surface area contributed by atoms with Crippen LogP contribution in [0.3, 0.4) is 0 Å². The van der Waals surface area contributed by atoms with Crippen molar-refractivity contribution in [3.05, 3.63) is 23.7 Å². The first-order chi connectivity index (χ1) is 9.72. The van der Waals surface area contributed by atoms with Crippen LogP contribution in [0.1, 0.15) is 55.0 Å². The van der Waals surface area contributed by atoms with E-state index in [1.165, 1.54) is 26.4 Å². The van der Waals surface area contributed by atoms with Crippen LogP contribution in [-0.2, 0) is 4.74 Å². The molecule has 0 saturated heterocycles. The average Bonchev–Trinajstić information content (AvgIpc) is 2.90. The summed E-state index contributed by atoms with van der Waals surface area (Å²) in [7, 11) is 1.38. The van der Waals surface area contributed by atoms with Gasteiger partial charge in [-0.1, -0.05) is 6.92 Å². The SMILES string of the molecule is CCCNC(c1ccc(C(=O)OC)o1)C1CC2CC2C1. The number of fused-ring (bicyclic) bond motifs is 1. The Labute approximate surface area is 119 Å². The second kappa shape index (κ2) is 5.60. The first-order valence-corrected chi connectivity index (χ1v) is 7.64. The molecular formula is C16H23NO3. The Morgan fingerprint density at radius 2 is 2.15 bits per heavy atom. The van der Waals surface area contributed by atoms with Gasteiger partial charge in [-0.2, -0.15) is 0 Å². The van der Waals surface area contributed by atoms with Gasteiger partial charge in [0.15, 0.2) is 0 Å². The predicted octanol–water partition coefficient (Wildman–Crippen LogP) is 3.15. The number of rotatable bonds is 6. The summed E-state index contributed by atoms with van der Waals surface area (Å²) in [6.07, 6.45) is 5.10. The molecule has 0 aromatic carbocycles. The van der Waals surface area contributed by atoms with E-state index < -0.39 is 5.97 Å². The lowest BCUT2D eigenvalue weighted by atomic mass is 9.92. The van der Waals surface area contributed by atoms with E-state index in [2.05, 4.69) is 12.2 Å². The topological polar surface area (TPSA) is 51.5 Å². The van der Waals surface area contributed by atoms with Gasteiger partial charge in [-0.05, 0) is 62.1 Å². The molecule has 0 radical (unpaired) electrons. The van der Waals surface area contributed by atoms with Crippen LogP contribution in [0.25, 0.3) is 0 Å². The van der Waals surface area contributed by atoms with E-state index in [9.17, 15) is 4.79 Å². The maximum atomic E-state index is 11.5. The summed E-state index contributed by atoms with van der Waals surface area (Å²) in [4.78, 5) is 11.5. The third kappa shape index (κ3) is 2.62. The van der Waals surface area contributed by atoms with E-state index in [4.69, 9.17) is 9.15 Å². The number of carbonyl (C=O) groups is 1. The predicted molar refractivity (Wildman–Crippen MR) is 75.4 cm³/mol. The van der Waals surface area contributed by atoms with Gasteiger partial charge < -0.3 is 14.5 Å². The lowest BCUT2D eigenvalue weighted by Crippen LogP contribution is -2.28. The molecule has 1 aromatic rings. The van der Waals surface area contributed by atoms with Gasteiger partial charge in [0.2, 0.25) is 5.76 Å². The Kier molecular flexibility index (Phi) is 3.83. The smallest absolute Gasteiger partial charge is 0.373 e. The zero-order chi connectivity index (χ0) is 14.1. The van der Waals surface area contributed by atoms with Crippen LogP contribution >= 0.6 is 0 Å². The number of nitrogens with one attached hydrogen (secondary N) is 1. The van der Waals surface area contributed by atoms with Crippen molar-refractivity contribution in [1.82, 2.24) is 5.32 Å². The van der Waals surface area contributed by atoms with Gasteiger partial charge in [0, 0.05) is 0 Å². The number of carbonyl (C=O) groups excluding carboxylic acids is 1. The molecule has 0 aliphatic heterocycles. The summed E-state index contributed by atoms with van der Waals surface area (Å²) < 4.78 is 10.4. The molecule has 3 atom stereocenters. The van der Waals surface area contributed by atoms with Gasteiger partial charge in [0.1, 0.15) is 5.76 Å². The lowest BCUT2D eigenvalue weighted by molar-refractivity contribution is 0.0560. The van der Waals surface area contributed by atoms with Gasteiger partial charge in [0.05, 0.1) is 13.2 Å². The molecule has 1 aromatic heterocycles. The van der Waals surface area contributed by atoms with Crippen LogP contribution in [-0.4, -0.2) is 19.6 Å². The summed E-state index contributed by atoms with van der Waals surface area (Å²) in [5, 5.41) is 3.59. The molecule has 3 rings (SSSR count). The minimum atomic E-state index is -0.403. The molecule has 1 N–H and O–H groups in total. The first-order valence-electron chi connectivity index (χ1n) is 7.64. The molecule has 4 nitrogen and oxygen atoms in total. The number of furan rings is 1. The highest BCUT2D eigenvalue weighted by Crippen LogP contribution is 2.57. The normalized spacial score (nSPS) is 29.0. The summed E-state index contributed by atoms with van der Waals surface area (Å²) in [6, 6.07) is 3.88. The summed E-state index contributed by atoms with van der Waals surface area (Å²) in [5.41, 5.74) is 0. The monoisotopic (exact) mass is 277 g/mol. The Bertz CT molecular complexity index is 472. The Balaban J connectivity index is 1.73. The molecule has 0 amide bonds. The Morgan fingerprint density at radius 3 is 2.80 bits per heavy atom. The number of hydrogen-bond acceptors (Lipinski definition) is 4. The fourth-order valence-corrected chi connectivity index (χ4v) is 3.56. The number of esters is 1. The molecule has 4 heteroatoms. The standard InChI is InChI=1S/C16H23NO3/c1-3-6-17-15(12-8-10-7-11(10)9-12)13-4-5-14(20-13)16(18)19-2/h4-5,10-12,15,17H,3,6-9H2,1-2H3. The fraction of sp³-hybridized carbons (Fsp3) is 0.688. The van der Waals surface area contributed by atoms with Crippen molar-refractivity contribution in [3.63, 3.8) is 0 Å². The highest BCUT2D eigenvalue weighted by molar-refractivity contribution is 5.86. The molecular weight excluding hydrogens is 254 g/mol. The van der Waals surface area contributed by atoms with Crippen LogP contribution in [0.2, 0.25) is 0 Å². The fourth-order valence-electron chi connectivity index (χ4n) is 3.56. The Morgan fingerprint density at radius 1 is 1.40 bits per heavy atom. The third-order valence-electron chi connectivity index (χ3n) is 4.69. The van der Waals surface area contributed by atoms with Gasteiger partial charge >= 0.3 is 5.97 Å². The van der Waals surface area contributed by atoms with Crippen LogP contribution in [0.4, 0.5) is 0 Å². The molecule has 1 heterocycles. The van der Waals surface area contributed by atoms with Crippen LogP contribution in [0.5, 0.6) is 0 Å². The van der Waals surface area contributed by atoms with Crippen molar-refractivity contribution >= 4 is 5.97 Å². The molecule has 110 valence electrons. The van der Waals surface area contributed by atoms with Crippen LogP contribution in [0.15, 0.2) is 16.5 Å². The van der Waals surface area contributed by atoms with Crippen molar-refractivity contribution in [2.24, 2.45) is 17.8 Å². The van der Waals surface area contributed by atoms with Gasteiger partial charge in [-0.15, -0.1) is 0 Å². The number of ether oxygens (including phenoxy) is 1. The van der Waals surface area contributed by atoms with E-state index in [1.807, 2.05) is 6.07 Å². The zero-order valence-electron chi connectivity index (χ0n) is 12.2. The lowest BCUT2D eigenvalue weighted by Gasteiger charge is -2.24. The second-order valence-electron chi connectivity index (χ2n) is 6.11. The molecule has 2 aliphatic carbocycles. The van der Waals surface area contributed by atoms with E-state index >= 15 is 0 Å². The summed E-state index contributed by atoms with van der Waals surface area (Å²) >= 11 is 0. The van der Waals surface area contributed by atoms with Crippen molar-refractivity contribution in [1.29, 1.82) is 0 Å².